The molecule has 0 saturated carbocycles. The fourth-order valence-electron chi connectivity index (χ4n) is 1.98. The Morgan fingerprint density at radius 3 is 2.41 bits per heavy atom. The summed E-state index contributed by atoms with van der Waals surface area (Å²) in [7, 11) is 4.78. The van der Waals surface area contributed by atoms with E-state index in [9.17, 15) is 0 Å². The molecular weight excluding hydrogens is 284 g/mol. The zero-order valence-electron chi connectivity index (χ0n) is 13.2. The van der Waals surface area contributed by atoms with Crippen molar-refractivity contribution < 1.29 is 14.2 Å². The van der Waals surface area contributed by atoms with Gasteiger partial charge >= 0.3 is 6.01 Å². The van der Waals surface area contributed by atoms with Crippen molar-refractivity contribution in [2.24, 2.45) is 0 Å². The first-order valence-electron chi connectivity index (χ1n) is 6.87. The summed E-state index contributed by atoms with van der Waals surface area (Å²) < 4.78 is 15.5. The van der Waals surface area contributed by atoms with Crippen LogP contribution in [0.3, 0.4) is 0 Å². The maximum Gasteiger partial charge on any atom is 0.321 e. The Kier molecular flexibility index (Phi) is 5.35. The molecule has 0 amide bonds. The summed E-state index contributed by atoms with van der Waals surface area (Å²) in [5, 5.41) is 3.16. The molecule has 0 aliphatic heterocycles. The highest BCUT2D eigenvalue weighted by Crippen LogP contribution is 2.27. The second kappa shape index (κ2) is 7.44. The van der Waals surface area contributed by atoms with Gasteiger partial charge in [-0.2, -0.15) is 15.0 Å². The third-order valence-corrected chi connectivity index (χ3v) is 3.05. The number of benzene rings is 1. The molecule has 2 aromatic rings. The number of anilines is 1. The summed E-state index contributed by atoms with van der Waals surface area (Å²) in [6.45, 7) is 2.48. The third-order valence-electron chi connectivity index (χ3n) is 3.05. The van der Waals surface area contributed by atoms with E-state index in [0.29, 0.717) is 24.3 Å². The number of nitrogens with zero attached hydrogens (tertiary/aromatic N) is 3. The Morgan fingerprint density at radius 1 is 0.955 bits per heavy atom. The van der Waals surface area contributed by atoms with Crippen LogP contribution in [0.5, 0.6) is 17.5 Å². The normalized spacial score (nSPS) is 10.2. The third kappa shape index (κ3) is 3.97. The second-order valence-electron chi connectivity index (χ2n) is 4.56. The van der Waals surface area contributed by atoms with Crippen molar-refractivity contribution in [3.8, 4) is 17.5 Å². The van der Waals surface area contributed by atoms with E-state index in [0.717, 1.165) is 23.5 Å². The summed E-state index contributed by atoms with van der Waals surface area (Å²) >= 11 is 0. The fourth-order valence-corrected chi connectivity index (χ4v) is 1.98. The fraction of sp³-hybridized carbons (Fsp3) is 0.400. The molecule has 0 spiro atoms. The Labute approximate surface area is 129 Å². The van der Waals surface area contributed by atoms with E-state index in [2.05, 4.69) is 20.3 Å². The lowest BCUT2D eigenvalue weighted by Crippen LogP contribution is -2.10. The van der Waals surface area contributed by atoms with Crippen LogP contribution >= 0.6 is 0 Å². The van der Waals surface area contributed by atoms with Gasteiger partial charge in [-0.3, -0.25) is 0 Å². The van der Waals surface area contributed by atoms with Crippen LogP contribution in [-0.4, -0.2) is 42.8 Å². The Hall–Kier alpha value is -2.57. The number of ether oxygens (including phenoxy) is 3. The van der Waals surface area contributed by atoms with Crippen LogP contribution in [0.1, 0.15) is 11.4 Å². The molecule has 0 aliphatic rings. The smallest absolute Gasteiger partial charge is 0.321 e. The molecular formula is C15H20N4O3. The van der Waals surface area contributed by atoms with Crippen molar-refractivity contribution in [1.29, 1.82) is 0 Å². The molecule has 1 N–H and O–H groups in total. The highest BCUT2D eigenvalue weighted by Gasteiger charge is 2.06. The zero-order chi connectivity index (χ0) is 15.9. The monoisotopic (exact) mass is 304 g/mol. The Morgan fingerprint density at radius 2 is 1.73 bits per heavy atom. The molecule has 1 aromatic heterocycles. The molecule has 7 heteroatoms. The van der Waals surface area contributed by atoms with E-state index < -0.39 is 0 Å². The van der Waals surface area contributed by atoms with Crippen molar-refractivity contribution in [2.45, 2.75) is 13.3 Å². The van der Waals surface area contributed by atoms with E-state index in [1.807, 2.05) is 18.2 Å². The van der Waals surface area contributed by atoms with Gasteiger partial charge in [-0.15, -0.1) is 0 Å². The van der Waals surface area contributed by atoms with Gasteiger partial charge in [-0.25, -0.2) is 0 Å². The van der Waals surface area contributed by atoms with Crippen molar-refractivity contribution in [3.05, 3.63) is 29.6 Å². The first kappa shape index (κ1) is 15.8. The molecule has 118 valence electrons. The molecule has 0 unspecified atom stereocenters. The highest BCUT2D eigenvalue weighted by atomic mass is 16.5. The minimum atomic E-state index is 0.307. The van der Waals surface area contributed by atoms with E-state index in [4.69, 9.17) is 14.2 Å². The lowest BCUT2D eigenvalue weighted by molar-refractivity contribution is 0.354. The Bertz CT molecular complexity index is 634. The van der Waals surface area contributed by atoms with Gasteiger partial charge < -0.3 is 19.5 Å². The predicted molar refractivity (Wildman–Crippen MR) is 82.9 cm³/mol. The Balaban J connectivity index is 1.97. The topological polar surface area (TPSA) is 78.4 Å². The number of hydrogen-bond donors (Lipinski definition) is 1. The van der Waals surface area contributed by atoms with Crippen molar-refractivity contribution in [2.75, 3.05) is 33.2 Å². The summed E-state index contributed by atoms with van der Waals surface area (Å²) in [6.07, 6.45) is 0.799. The highest BCUT2D eigenvalue weighted by molar-refractivity contribution is 5.43. The van der Waals surface area contributed by atoms with Crippen LogP contribution in [-0.2, 0) is 6.42 Å². The maximum absolute atomic E-state index is 5.29. The molecule has 7 nitrogen and oxygen atoms in total. The van der Waals surface area contributed by atoms with Crippen molar-refractivity contribution in [3.63, 3.8) is 0 Å². The molecule has 0 bridgehead atoms. The standard InChI is InChI=1S/C15H20N4O3/c1-10-17-14(19-15(18-10)22-4)16-8-7-11-5-6-12(20-2)13(9-11)21-3/h5-6,9H,7-8H2,1-4H3,(H,16,17,18,19). The summed E-state index contributed by atoms with van der Waals surface area (Å²) in [6, 6.07) is 6.16. The van der Waals surface area contributed by atoms with Crippen LogP contribution < -0.4 is 19.5 Å². The molecule has 0 aliphatic carbocycles. The van der Waals surface area contributed by atoms with Gasteiger partial charge in [-0.1, -0.05) is 6.07 Å². The van der Waals surface area contributed by atoms with Crippen LogP contribution in [0, 0.1) is 6.92 Å². The SMILES string of the molecule is COc1nc(C)nc(NCCc2ccc(OC)c(OC)c2)n1. The van der Waals surface area contributed by atoms with Crippen LogP contribution in [0.4, 0.5) is 5.95 Å². The summed E-state index contributed by atoms with van der Waals surface area (Å²) in [4.78, 5) is 12.4. The number of rotatable bonds is 7. The van der Waals surface area contributed by atoms with Crippen molar-refractivity contribution >= 4 is 5.95 Å². The van der Waals surface area contributed by atoms with Gasteiger partial charge in [0.15, 0.2) is 11.5 Å². The molecule has 2 rings (SSSR count). The minimum Gasteiger partial charge on any atom is -0.493 e. The number of aryl methyl sites for hydroxylation is 1. The van der Waals surface area contributed by atoms with E-state index in [1.54, 1.807) is 21.1 Å². The van der Waals surface area contributed by atoms with Crippen molar-refractivity contribution in [1.82, 2.24) is 15.0 Å². The second-order valence-corrected chi connectivity index (χ2v) is 4.56. The van der Waals surface area contributed by atoms with E-state index >= 15 is 0 Å². The average molecular weight is 304 g/mol. The number of methoxy groups -OCH3 is 3. The largest absolute Gasteiger partial charge is 0.493 e. The van der Waals surface area contributed by atoms with E-state index in [1.165, 1.54) is 7.11 Å². The summed E-state index contributed by atoms with van der Waals surface area (Å²) in [5.41, 5.74) is 1.13. The average Bonchev–Trinajstić information content (AvgIpc) is 2.54. The quantitative estimate of drug-likeness (QED) is 0.836. The van der Waals surface area contributed by atoms with Gasteiger partial charge in [-0.05, 0) is 31.0 Å². The number of hydrogen-bond acceptors (Lipinski definition) is 7. The molecule has 1 aromatic carbocycles. The molecule has 0 atom stereocenters. The predicted octanol–water partition coefficient (Wildman–Crippen LogP) is 1.86. The molecule has 1 heterocycles. The van der Waals surface area contributed by atoms with Gasteiger partial charge in [0.1, 0.15) is 5.82 Å². The first-order chi connectivity index (χ1) is 10.7. The van der Waals surface area contributed by atoms with Gasteiger partial charge in [0, 0.05) is 6.54 Å². The lowest BCUT2D eigenvalue weighted by Gasteiger charge is -2.10. The molecule has 0 fully saturated rings. The number of aromatic nitrogens is 3. The van der Waals surface area contributed by atoms with Crippen LogP contribution in [0.2, 0.25) is 0 Å². The van der Waals surface area contributed by atoms with E-state index in [-0.39, 0.29) is 0 Å². The minimum absolute atomic E-state index is 0.307. The van der Waals surface area contributed by atoms with Gasteiger partial charge in [0.05, 0.1) is 21.3 Å². The molecule has 22 heavy (non-hydrogen) atoms. The van der Waals surface area contributed by atoms with Crippen LogP contribution in [0.25, 0.3) is 0 Å². The number of nitrogens with one attached hydrogen (secondary N) is 1. The lowest BCUT2D eigenvalue weighted by atomic mass is 10.1. The van der Waals surface area contributed by atoms with Crippen LogP contribution in [0.15, 0.2) is 18.2 Å². The first-order valence-corrected chi connectivity index (χ1v) is 6.87. The molecule has 0 radical (unpaired) electrons. The van der Waals surface area contributed by atoms with Gasteiger partial charge in [0.25, 0.3) is 0 Å². The zero-order valence-corrected chi connectivity index (χ0v) is 13.2. The van der Waals surface area contributed by atoms with Gasteiger partial charge in [0.2, 0.25) is 5.95 Å². The maximum atomic E-state index is 5.29. The molecule has 0 saturated heterocycles. The summed E-state index contributed by atoms with van der Waals surface area (Å²) in [5.74, 6) is 2.56.